The van der Waals surface area contributed by atoms with Gasteiger partial charge in [0.15, 0.2) is 0 Å². The molecule has 32 heavy (non-hydrogen) atoms. The molecule has 2 aromatic carbocycles. The van der Waals surface area contributed by atoms with Crippen LogP contribution in [0.25, 0.3) is 0 Å². The van der Waals surface area contributed by atoms with Gasteiger partial charge < -0.3 is 14.4 Å². The second-order valence-electron chi connectivity index (χ2n) is 7.28. The maximum absolute atomic E-state index is 12.8. The molecule has 2 heterocycles. The summed E-state index contributed by atoms with van der Waals surface area (Å²) in [6.07, 6.45) is 0.314. The van der Waals surface area contributed by atoms with Crippen LogP contribution in [-0.2, 0) is 4.79 Å². The molecule has 4 rings (SSSR count). The van der Waals surface area contributed by atoms with Crippen LogP contribution in [0.4, 0.5) is 10.8 Å². The van der Waals surface area contributed by atoms with Gasteiger partial charge in [0.2, 0.25) is 11.0 Å². The molecular formula is C22H21ClN4O4S. The van der Waals surface area contributed by atoms with Crippen molar-refractivity contribution >= 4 is 45.6 Å². The van der Waals surface area contributed by atoms with Crippen LogP contribution < -0.4 is 19.7 Å². The Kier molecular flexibility index (Phi) is 6.29. The molecule has 1 N–H and O–H groups in total. The Morgan fingerprint density at radius 3 is 2.56 bits per heavy atom. The summed E-state index contributed by atoms with van der Waals surface area (Å²) in [6, 6.07) is 10.7. The summed E-state index contributed by atoms with van der Waals surface area (Å²) in [5.41, 5.74) is 1.98. The normalized spacial score (nSPS) is 15.7. The molecule has 1 unspecified atom stereocenters. The van der Waals surface area contributed by atoms with E-state index in [1.165, 1.54) is 25.6 Å². The fourth-order valence-electron chi connectivity index (χ4n) is 3.56. The highest BCUT2D eigenvalue weighted by molar-refractivity contribution is 7.15. The minimum absolute atomic E-state index is 0.00513. The van der Waals surface area contributed by atoms with Crippen molar-refractivity contribution in [1.82, 2.24) is 10.2 Å². The Hall–Kier alpha value is -3.17. The van der Waals surface area contributed by atoms with Crippen LogP contribution in [-0.4, -0.2) is 42.8 Å². The predicted molar refractivity (Wildman–Crippen MR) is 123 cm³/mol. The minimum Gasteiger partial charge on any atom is -0.496 e. The number of halogens is 1. The molecule has 2 amide bonds. The van der Waals surface area contributed by atoms with Crippen molar-refractivity contribution in [2.24, 2.45) is 0 Å². The monoisotopic (exact) mass is 472 g/mol. The molecule has 1 aliphatic rings. The van der Waals surface area contributed by atoms with E-state index in [0.29, 0.717) is 39.6 Å². The van der Waals surface area contributed by atoms with Gasteiger partial charge in [-0.2, -0.15) is 0 Å². The zero-order chi connectivity index (χ0) is 22.8. The predicted octanol–water partition coefficient (Wildman–Crippen LogP) is 4.29. The van der Waals surface area contributed by atoms with Gasteiger partial charge >= 0.3 is 0 Å². The van der Waals surface area contributed by atoms with Crippen LogP contribution in [0, 0.1) is 6.92 Å². The third kappa shape index (κ3) is 4.26. The van der Waals surface area contributed by atoms with Gasteiger partial charge in [0.05, 0.1) is 14.2 Å². The molecule has 1 fully saturated rings. The lowest BCUT2D eigenvalue weighted by Gasteiger charge is -2.17. The second kappa shape index (κ2) is 9.13. The van der Waals surface area contributed by atoms with E-state index in [1.54, 1.807) is 29.2 Å². The number of benzene rings is 2. The van der Waals surface area contributed by atoms with Crippen molar-refractivity contribution in [3.63, 3.8) is 0 Å². The van der Waals surface area contributed by atoms with Gasteiger partial charge in [-0.15, -0.1) is 10.2 Å². The molecule has 1 saturated heterocycles. The largest absolute Gasteiger partial charge is 0.496 e. The average Bonchev–Trinajstić information content (AvgIpc) is 3.41. The number of carbonyl (C=O) groups is 2. The van der Waals surface area contributed by atoms with E-state index >= 15 is 0 Å². The number of nitrogens with zero attached hydrogens (tertiary/aromatic N) is 3. The summed E-state index contributed by atoms with van der Waals surface area (Å²) in [5, 5.41) is 12.7. The highest BCUT2D eigenvalue weighted by Gasteiger charge is 2.34. The molecule has 0 spiro atoms. The van der Waals surface area contributed by atoms with Crippen LogP contribution in [0.3, 0.4) is 0 Å². The highest BCUT2D eigenvalue weighted by atomic mass is 35.5. The Labute approximate surface area is 194 Å². The Morgan fingerprint density at radius 1 is 1.19 bits per heavy atom. The summed E-state index contributed by atoms with van der Waals surface area (Å²) in [7, 11) is 2.97. The first kappa shape index (κ1) is 22.0. The van der Waals surface area contributed by atoms with Crippen LogP contribution >= 0.6 is 22.9 Å². The number of anilines is 2. The van der Waals surface area contributed by atoms with E-state index in [0.717, 1.165) is 11.3 Å². The lowest BCUT2D eigenvalue weighted by Crippen LogP contribution is -2.24. The van der Waals surface area contributed by atoms with E-state index in [1.807, 2.05) is 19.1 Å². The maximum atomic E-state index is 12.8. The van der Waals surface area contributed by atoms with Crippen molar-refractivity contribution in [2.75, 3.05) is 31.0 Å². The molecule has 3 aromatic rings. The summed E-state index contributed by atoms with van der Waals surface area (Å²) in [5.74, 6) is 0.238. The summed E-state index contributed by atoms with van der Waals surface area (Å²) >= 11 is 7.47. The molecule has 1 aliphatic heterocycles. The summed E-state index contributed by atoms with van der Waals surface area (Å²) in [6.45, 7) is 2.39. The number of aryl methyl sites for hydroxylation is 1. The van der Waals surface area contributed by atoms with E-state index in [2.05, 4.69) is 15.5 Å². The third-order valence-corrected chi connectivity index (χ3v) is 6.67. The summed E-state index contributed by atoms with van der Waals surface area (Å²) in [4.78, 5) is 27.2. The van der Waals surface area contributed by atoms with Crippen molar-refractivity contribution in [3.8, 4) is 11.5 Å². The standard InChI is InChI=1S/C22H21ClN4O4S/c1-12-7-8-14(10-15(12)23)27-11-13(9-18(27)28)21-25-26-22(32-21)24-20(29)19-16(30-2)5-4-6-17(19)31-3/h4-8,10,13H,9,11H2,1-3H3,(H,24,26,29). The number of hydrogen-bond donors (Lipinski definition) is 1. The molecule has 0 saturated carbocycles. The van der Waals surface area contributed by atoms with Gasteiger partial charge in [0.1, 0.15) is 22.1 Å². The molecule has 10 heteroatoms. The molecule has 8 nitrogen and oxygen atoms in total. The molecule has 1 aromatic heterocycles. The Bertz CT molecular complexity index is 1160. The molecular weight excluding hydrogens is 452 g/mol. The summed E-state index contributed by atoms with van der Waals surface area (Å²) < 4.78 is 10.6. The average molecular weight is 473 g/mol. The van der Waals surface area contributed by atoms with E-state index in [4.69, 9.17) is 21.1 Å². The number of amides is 2. The molecule has 1 atom stereocenters. The van der Waals surface area contributed by atoms with Crippen LogP contribution in [0.1, 0.15) is 33.3 Å². The number of carbonyl (C=O) groups excluding carboxylic acids is 2. The van der Waals surface area contributed by atoms with Gasteiger partial charge in [-0.05, 0) is 36.8 Å². The third-order valence-electron chi connectivity index (χ3n) is 5.26. The zero-order valence-electron chi connectivity index (χ0n) is 17.7. The van der Waals surface area contributed by atoms with Crippen molar-refractivity contribution in [3.05, 3.63) is 57.6 Å². The smallest absolute Gasteiger partial charge is 0.265 e. The van der Waals surface area contributed by atoms with Crippen LogP contribution in [0.5, 0.6) is 11.5 Å². The van der Waals surface area contributed by atoms with Gasteiger partial charge in [-0.1, -0.05) is 35.1 Å². The molecule has 0 bridgehead atoms. The van der Waals surface area contributed by atoms with Gasteiger partial charge in [0, 0.05) is 29.6 Å². The molecule has 0 aliphatic carbocycles. The van der Waals surface area contributed by atoms with Crippen LogP contribution in [0.2, 0.25) is 5.02 Å². The molecule has 166 valence electrons. The van der Waals surface area contributed by atoms with Crippen molar-refractivity contribution in [1.29, 1.82) is 0 Å². The SMILES string of the molecule is COc1cccc(OC)c1C(=O)Nc1nnc(C2CC(=O)N(c3ccc(C)c(Cl)c3)C2)s1. The first-order valence-electron chi connectivity index (χ1n) is 9.83. The topological polar surface area (TPSA) is 93.6 Å². The fraction of sp³-hybridized carbons (Fsp3) is 0.273. The fourth-order valence-corrected chi connectivity index (χ4v) is 4.56. The lowest BCUT2D eigenvalue weighted by atomic mass is 10.1. The molecule has 0 radical (unpaired) electrons. The van der Waals surface area contributed by atoms with Crippen molar-refractivity contribution in [2.45, 2.75) is 19.3 Å². The number of rotatable bonds is 6. The maximum Gasteiger partial charge on any atom is 0.265 e. The first-order valence-corrected chi connectivity index (χ1v) is 11.0. The first-order chi connectivity index (χ1) is 15.4. The number of methoxy groups -OCH3 is 2. The van der Waals surface area contributed by atoms with E-state index in [-0.39, 0.29) is 17.4 Å². The number of hydrogen-bond acceptors (Lipinski definition) is 7. The zero-order valence-corrected chi connectivity index (χ0v) is 19.3. The quantitative estimate of drug-likeness (QED) is 0.575. The lowest BCUT2D eigenvalue weighted by molar-refractivity contribution is -0.117. The Morgan fingerprint density at radius 2 is 1.91 bits per heavy atom. The van der Waals surface area contributed by atoms with Crippen molar-refractivity contribution < 1.29 is 19.1 Å². The van der Waals surface area contributed by atoms with Gasteiger partial charge in [-0.25, -0.2) is 0 Å². The number of aromatic nitrogens is 2. The van der Waals surface area contributed by atoms with E-state index < -0.39 is 5.91 Å². The van der Waals surface area contributed by atoms with E-state index in [9.17, 15) is 9.59 Å². The number of nitrogens with one attached hydrogen (secondary N) is 1. The van der Waals surface area contributed by atoms with Gasteiger partial charge in [-0.3, -0.25) is 14.9 Å². The minimum atomic E-state index is -0.416. The Balaban J connectivity index is 1.49. The second-order valence-corrected chi connectivity index (χ2v) is 8.69. The van der Waals surface area contributed by atoms with Gasteiger partial charge in [0.25, 0.3) is 5.91 Å². The number of ether oxygens (including phenoxy) is 2. The highest BCUT2D eigenvalue weighted by Crippen LogP contribution is 2.36. The van der Waals surface area contributed by atoms with Crippen LogP contribution in [0.15, 0.2) is 36.4 Å².